The summed E-state index contributed by atoms with van der Waals surface area (Å²) in [7, 11) is 0. The van der Waals surface area contributed by atoms with Gasteiger partial charge in [-0.2, -0.15) is 8.78 Å². The molecule has 1 aromatic rings. The molecule has 1 unspecified atom stereocenters. The van der Waals surface area contributed by atoms with Crippen LogP contribution >= 0.6 is 0 Å². The van der Waals surface area contributed by atoms with Crippen molar-refractivity contribution >= 4 is 11.8 Å². The number of hydrogen-bond donors (Lipinski definition) is 1. The van der Waals surface area contributed by atoms with Crippen molar-refractivity contribution in [1.29, 1.82) is 0 Å². The Balaban J connectivity index is 1.63. The highest BCUT2D eigenvalue weighted by atomic mass is 19.3. The molecule has 0 radical (unpaired) electrons. The van der Waals surface area contributed by atoms with Gasteiger partial charge in [-0.3, -0.25) is 9.59 Å². The second-order valence-corrected chi connectivity index (χ2v) is 6.86. The Bertz CT molecular complexity index is 665. The van der Waals surface area contributed by atoms with E-state index in [2.05, 4.69) is 10.1 Å². The minimum Gasteiger partial charge on any atom is -0.434 e. The van der Waals surface area contributed by atoms with Crippen LogP contribution in [0.3, 0.4) is 0 Å². The van der Waals surface area contributed by atoms with E-state index in [1.165, 1.54) is 18.2 Å². The maximum Gasteiger partial charge on any atom is 0.387 e. The molecule has 0 aliphatic carbocycles. The van der Waals surface area contributed by atoms with Crippen molar-refractivity contribution in [2.45, 2.75) is 38.3 Å². The number of nitrogens with zero attached hydrogens (tertiary/aromatic N) is 1. The first-order valence-corrected chi connectivity index (χ1v) is 9.26. The zero-order chi connectivity index (χ0) is 19.2. The Morgan fingerprint density at radius 1 is 1.19 bits per heavy atom. The second-order valence-electron chi connectivity index (χ2n) is 6.86. The van der Waals surface area contributed by atoms with E-state index in [0.717, 1.165) is 12.8 Å². The molecular formula is C19H24F2N2O4. The summed E-state index contributed by atoms with van der Waals surface area (Å²) in [5.74, 6) is -0.897. The molecule has 148 valence electrons. The summed E-state index contributed by atoms with van der Waals surface area (Å²) in [6, 6.07) is 6.06. The van der Waals surface area contributed by atoms with E-state index >= 15 is 0 Å². The van der Waals surface area contributed by atoms with Gasteiger partial charge in [0, 0.05) is 32.3 Å². The average Bonchev–Trinajstić information content (AvgIpc) is 2.68. The van der Waals surface area contributed by atoms with E-state index in [4.69, 9.17) is 4.74 Å². The molecule has 2 aliphatic rings. The van der Waals surface area contributed by atoms with Crippen LogP contribution in [0.1, 0.15) is 36.0 Å². The van der Waals surface area contributed by atoms with Gasteiger partial charge in [-0.05, 0) is 37.8 Å². The molecule has 0 bridgehead atoms. The molecule has 2 fully saturated rings. The smallest absolute Gasteiger partial charge is 0.387 e. The number of ether oxygens (including phenoxy) is 2. The first kappa shape index (κ1) is 19.5. The number of likely N-dealkylation sites (tertiary alicyclic amines) is 1. The zero-order valence-electron chi connectivity index (χ0n) is 15.0. The third-order valence-electron chi connectivity index (χ3n) is 4.98. The molecule has 0 spiro atoms. The fraction of sp³-hybridized carbons (Fsp3) is 0.579. The van der Waals surface area contributed by atoms with Crippen LogP contribution in [0.2, 0.25) is 0 Å². The third kappa shape index (κ3) is 5.15. The van der Waals surface area contributed by atoms with Crippen molar-refractivity contribution in [3.63, 3.8) is 0 Å². The molecule has 2 heterocycles. The van der Waals surface area contributed by atoms with Gasteiger partial charge in [-0.1, -0.05) is 12.1 Å². The molecule has 1 aromatic carbocycles. The van der Waals surface area contributed by atoms with Crippen molar-refractivity contribution in [2.75, 3.05) is 26.3 Å². The molecular weight excluding hydrogens is 358 g/mol. The monoisotopic (exact) mass is 382 g/mol. The molecule has 6 nitrogen and oxygen atoms in total. The van der Waals surface area contributed by atoms with E-state index < -0.39 is 12.5 Å². The Hall–Kier alpha value is -2.22. The van der Waals surface area contributed by atoms with Gasteiger partial charge in [0.05, 0.1) is 11.5 Å². The van der Waals surface area contributed by atoms with E-state index in [1.54, 1.807) is 11.0 Å². The highest BCUT2D eigenvalue weighted by molar-refractivity contribution is 5.97. The van der Waals surface area contributed by atoms with Crippen molar-refractivity contribution < 1.29 is 27.8 Å². The van der Waals surface area contributed by atoms with E-state index in [9.17, 15) is 18.4 Å². The summed E-state index contributed by atoms with van der Waals surface area (Å²) in [5, 5.41) is 3.04. The molecule has 3 rings (SSSR count). The summed E-state index contributed by atoms with van der Waals surface area (Å²) in [5.41, 5.74) is 0.0864. The van der Waals surface area contributed by atoms with Crippen molar-refractivity contribution in [3.8, 4) is 5.75 Å². The lowest BCUT2D eigenvalue weighted by Crippen LogP contribution is -2.48. The van der Waals surface area contributed by atoms with E-state index in [0.29, 0.717) is 32.6 Å². The molecule has 2 saturated heterocycles. The highest BCUT2D eigenvalue weighted by Gasteiger charge is 2.31. The lowest BCUT2D eigenvalue weighted by atomic mass is 9.95. The number of alkyl halides is 2. The Labute approximate surface area is 156 Å². The Morgan fingerprint density at radius 2 is 1.93 bits per heavy atom. The quantitative estimate of drug-likeness (QED) is 0.849. The molecule has 8 heteroatoms. The van der Waals surface area contributed by atoms with Gasteiger partial charge in [0.15, 0.2) is 0 Å². The zero-order valence-corrected chi connectivity index (χ0v) is 15.0. The Morgan fingerprint density at radius 3 is 2.67 bits per heavy atom. The maximum atomic E-state index is 12.8. The SMILES string of the molecule is O=C(NC1CCOCC1)C1CCCN(C(=O)c2ccccc2OC(F)F)C1. The number of halogens is 2. The van der Waals surface area contributed by atoms with Gasteiger partial charge in [-0.15, -0.1) is 0 Å². The molecule has 27 heavy (non-hydrogen) atoms. The first-order chi connectivity index (χ1) is 13.0. The number of rotatable bonds is 5. The highest BCUT2D eigenvalue weighted by Crippen LogP contribution is 2.25. The summed E-state index contributed by atoms with van der Waals surface area (Å²) in [4.78, 5) is 26.9. The first-order valence-electron chi connectivity index (χ1n) is 9.26. The summed E-state index contributed by atoms with van der Waals surface area (Å²) in [6.07, 6.45) is 2.97. The lowest BCUT2D eigenvalue weighted by molar-refractivity contribution is -0.127. The lowest BCUT2D eigenvalue weighted by Gasteiger charge is -2.33. The summed E-state index contributed by atoms with van der Waals surface area (Å²) >= 11 is 0. The topological polar surface area (TPSA) is 67.9 Å². The number of piperidine rings is 1. The van der Waals surface area contributed by atoms with E-state index in [-0.39, 0.29) is 35.7 Å². The normalized spacial score (nSPS) is 21.1. The predicted molar refractivity (Wildman–Crippen MR) is 93.7 cm³/mol. The van der Waals surface area contributed by atoms with Crippen LogP contribution in [0.5, 0.6) is 5.75 Å². The minimum absolute atomic E-state index is 0.0588. The van der Waals surface area contributed by atoms with Gasteiger partial charge >= 0.3 is 6.61 Å². The number of para-hydroxylation sites is 1. The van der Waals surface area contributed by atoms with E-state index in [1.807, 2.05) is 0 Å². The van der Waals surface area contributed by atoms with Gasteiger partial charge < -0.3 is 19.7 Å². The van der Waals surface area contributed by atoms with Gasteiger partial charge in [0.25, 0.3) is 5.91 Å². The van der Waals surface area contributed by atoms with Gasteiger partial charge in [0.2, 0.25) is 5.91 Å². The number of amides is 2. The van der Waals surface area contributed by atoms with Crippen molar-refractivity contribution in [2.24, 2.45) is 5.92 Å². The fourth-order valence-electron chi connectivity index (χ4n) is 3.55. The number of carbonyl (C=O) groups excluding carboxylic acids is 2. The summed E-state index contributed by atoms with van der Waals surface area (Å²) in [6.45, 7) is -0.958. The summed E-state index contributed by atoms with van der Waals surface area (Å²) < 4.78 is 34.9. The molecule has 2 amide bonds. The molecule has 0 saturated carbocycles. The molecule has 2 aliphatic heterocycles. The number of carbonyl (C=O) groups is 2. The van der Waals surface area contributed by atoms with Gasteiger partial charge in [0.1, 0.15) is 5.75 Å². The van der Waals surface area contributed by atoms with Crippen LogP contribution in [0.25, 0.3) is 0 Å². The molecule has 0 aromatic heterocycles. The average molecular weight is 382 g/mol. The maximum absolute atomic E-state index is 12.8. The number of benzene rings is 1. The van der Waals surface area contributed by atoms with Crippen LogP contribution in [-0.2, 0) is 9.53 Å². The van der Waals surface area contributed by atoms with Crippen LogP contribution in [0, 0.1) is 5.92 Å². The Kier molecular flexibility index (Phi) is 6.60. The number of nitrogens with one attached hydrogen (secondary N) is 1. The third-order valence-corrected chi connectivity index (χ3v) is 4.98. The molecule has 1 atom stereocenters. The van der Waals surface area contributed by atoms with Crippen LogP contribution in [0.15, 0.2) is 24.3 Å². The fourth-order valence-corrected chi connectivity index (χ4v) is 3.55. The van der Waals surface area contributed by atoms with Crippen LogP contribution < -0.4 is 10.1 Å². The standard InChI is InChI=1S/C19H24F2N2O4/c20-19(21)27-16-6-2-1-5-15(16)18(25)23-9-3-4-13(12-23)17(24)22-14-7-10-26-11-8-14/h1-2,5-6,13-14,19H,3-4,7-12H2,(H,22,24). The van der Waals surface area contributed by atoms with Gasteiger partial charge in [-0.25, -0.2) is 0 Å². The molecule has 1 N–H and O–H groups in total. The number of hydrogen-bond acceptors (Lipinski definition) is 4. The van der Waals surface area contributed by atoms with Crippen molar-refractivity contribution in [3.05, 3.63) is 29.8 Å². The van der Waals surface area contributed by atoms with Crippen LogP contribution in [-0.4, -0.2) is 55.7 Å². The van der Waals surface area contributed by atoms with Crippen molar-refractivity contribution in [1.82, 2.24) is 10.2 Å². The predicted octanol–water partition coefficient (Wildman–Crippen LogP) is 2.44. The minimum atomic E-state index is -3.00. The second kappa shape index (κ2) is 9.12. The van der Waals surface area contributed by atoms with Crippen LogP contribution in [0.4, 0.5) is 8.78 Å². The largest absolute Gasteiger partial charge is 0.434 e.